The number of nitrogens with zero attached hydrogens (tertiary/aromatic N) is 5. The number of halogens is 9. The maximum Gasteiger partial charge on any atom is 0.427 e. The van der Waals surface area contributed by atoms with Crippen LogP contribution in [-0.2, 0) is 6.18 Å². The Morgan fingerprint density at radius 2 is 1.86 bits per heavy atom. The van der Waals surface area contributed by atoms with Gasteiger partial charge < -0.3 is 25.4 Å². The first-order valence-corrected chi connectivity index (χ1v) is 15.8. The lowest BCUT2D eigenvalue weighted by Gasteiger charge is -2.42. The zero-order chi connectivity index (χ0) is 35.2. The highest BCUT2D eigenvalue weighted by atomic mass is 19.4. The Morgan fingerprint density at radius 1 is 1.10 bits per heavy atom. The van der Waals surface area contributed by atoms with Crippen molar-refractivity contribution in [3.8, 4) is 23.1 Å². The Labute approximate surface area is 274 Å². The van der Waals surface area contributed by atoms with E-state index in [-0.39, 0.29) is 44.5 Å². The average Bonchev–Trinajstić information content (AvgIpc) is 3.51. The van der Waals surface area contributed by atoms with Crippen LogP contribution < -0.4 is 25.4 Å². The summed E-state index contributed by atoms with van der Waals surface area (Å²) in [6, 6.07) is -1.74. The van der Waals surface area contributed by atoms with Gasteiger partial charge in [0, 0.05) is 37.7 Å². The van der Waals surface area contributed by atoms with E-state index < -0.39 is 98.7 Å². The van der Waals surface area contributed by atoms with Crippen LogP contribution in [0.2, 0.25) is 0 Å². The van der Waals surface area contributed by atoms with Gasteiger partial charge in [-0.25, -0.2) is 18.2 Å². The summed E-state index contributed by atoms with van der Waals surface area (Å²) in [5.41, 5.74) is -1.27. The topological polar surface area (TPSA) is 102 Å². The molecule has 4 aliphatic rings. The minimum Gasteiger partial charge on any atom is -0.462 e. The van der Waals surface area contributed by atoms with Crippen LogP contribution in [0, 0.1) is 18.6 Å². The summed E-state index contributed by atoms with van der Waals surface area (Å²) in [7, 11) is 0. The Hall–Kier alpha value is -3.80. The van der Waals surface area contributed by atoms with Crippen molar-refractivity contribution in [2.45, 2.75) is 81.8 Å². The normalized spacial score (nSPS) is 27.2. The molecule has 1 aromatic carbocycles. The van der Waals surface area contributed by atoms with Crippen molar-refractivity contribution in [2.24, 2.45) is 0 Å². The second-order valence-corrected chi connectivity index (χ2v) is 13.1. The monoisotopic (exact) mass is 705 g/mol. The molecule has 0 saturated carbocycles. The van der Waals surface area contributed by atoms with E-state index in [0.29, 0.717) is 25.5 Å². The van der Waals surface area contributed by atoms with E-state index in [1.54, 1.807) is 0 Å². The summed E-state index contributed by atoms with van der Waals surface area (Å²) in [6.45, 7) is 3.04. The number of nitrogens with one attached hydrogen (secondary N) is 1. The Bertz CT molecular complexity index is 1810. The number of fused-ring (bicyclic) bond motifs is 3. The third-order valence-corrected chi connectivity index (χ3v) is 10.1. The van der Waals surface area contributed by atoms with Crippen LogP contribution in [0.1, 0.15) is 43.7 Å². The molecular weight excluding hydrogens is 673 g/mol. The molecular formula is C31H32F9N7O2. The lowest BCUT2D eigenvalue weighted by molar-refractivity contribution is -0.201. The summed E-state index contributed by atoms with van der Waals surface area (Å²) in [5, 5.41) is 2.64. The van der Waals surface area contributed by atoms with Crippen molar-refractivity contribution >= 4 is 22.4 Å². The van der Waals surface area contributed by atoms with Gasteiger partial charge in [-0.05, 0) is 44.4 Å². The van der Waals surface area contributed by atoms with Gasteiger partial charge in [-0.15, -0.1) is 0 Å². The number of benzene rings is 1. The van der Waals surface area contributed by atoms with E-state index in [2.05, 4.69) is 20.3 Å². The van der Waals surface area contributed by atoms with Crippen LogP contribution in [-0.4, -0.2) is 88.7 Å². The first kappa shape index (κ1) is 33.7. The number of alkyl halides is 7. The molecule has 3 saturated heterocycles. The van der Waals surface area contributed by atoms with E-state index >= 15 is 4.39 Å². The average molecular weight is 706 g/mol. The van der Waals surface area contributed by atoms with Gasteiger partial charge in [0.05, 0.1) is 22.8 Å². The van der Waals surface area contributed by atoms with Gasteiger partial charge in [0.1, 0.15) is 41.0 Å². The minimum absolute atomic E-state index is 0.0291. The van der Waals surface area contributed by atoms with Crippen LogP contribution in [0.15, 0.2) is 6.07 Å². The van der Waals surface area contributed by atoms with Gasteiger partial charge in [-0.1, -0.05) is 6.92 Å². The summed E-state index contributed by atoms with van der Waals surface area (Å²) in [4.78, 5) is 15.8. The van der Waals surface area contributed by atoms with Gasteiger partial charge in [0.15, 0.2) is 5.82 Å². The second-order valence-electron chi connectivity index (χ2n) is 13.1. The molecule has 18 heteroatoms. The lowest BCUT2D eigenvalue weighted by atomic mass is 9.95. The molecule has 3 N–H and O–H groups in total. The molecule has 2 aromatic heterocycles. The molecule has 1 unspecified atom stereocenters. The fraction of sp³-hybridized carbons (Fsp3) is 0.581. The summed E-state index contributed by atoms with van der Waals surface area (Å²) < 4.78 is 145. The largest absolute Gasteiger partial charge is 0.462 e. The number of rotatable bonds is 5. The molecule has 0 spiro atoms. The van der Waals surface area contributed by atoms with Crippen LogP contribution in [0.4, 0.5) is 51.0 Å². The molecule has 3 fully saturated rings. The van der Waals surface area contributed by atoms with Crippen LogP contribution in [0.25, 0.3) is 22.2 Å². The highest BCUT2D eigenvalue weighted by molar-refractivity contribution is 5.97. The molecule has 0 bridgehead atoms. The SMILES string of the molecule is CC[C@@H]1CN2c3nc(OC[C@@]45CCCN4C[C@H](F)C5)nc4c(F)c(-c5cc(N)c(F)c(C)c5C(F)(F)F)nc(c34)OC(C(F)(F)F)[C@@H]2CN1. The predicted octanol–water partition coefficient (Wildman–Crippen LogP) is 5.71. The van der Waals surface area contributed by atoms with Crippen molar-refractivity contribution in [1.82, 2.24) is 25.2 Å². The van der Waals surface area contributed by atoms with Crippen LogP contribution >= 0.6 is 0 Å². The van der Waals surface area contributed by atoms with Crippen LogP contribution in [0.5, 0.6) is 11.9 Å². The van der Waals surface area contributed by atoms with Crippen molar-refractivity contribution in [2.75, 3.05) is 43.4 Å². The first-order valence-electron chi connectivity index (χ1n) is 15.8. The number of anilines is 2. The Balaban J connectivity index is 1.47. The standard InChI is InChI=1S/C31H32F9N7O2/c1-3-15-11-47-18(9-42-15)25(31(38,39)40)49-27-19-24(22(34)23(43-27)16-7-17(41)21(33)13(2)20(16)30(35,36)37)44-28(45-26(19)47)48-12-29-5-4-6-46(29)10-14(32)8-29/h7,14-15,18,25,42H,3-6,8-12,41H2,1-2H3/t14-,15-,18+,25?,29+/m1/s1. The van der Waals surface area contributed by atoms with E-state index in [4.69, 9.17) is 15.2 Å². The second kappa shape index (κ2) is 11.6. The van der Waals surface area contributed by atoms with Crippen LogP contribution in [0.3, 0.4) is 0 Å². The quantitative estimate of drug-likeness (QED) is 0.255. The number of hydrogen-bond acceptors (Lipinski definition) is 9. The van der Waals surface area contributed by atoms with Gasteiger partial charge in [0.25, 0.3) is 0 Å². The highest BCUT2D eigenvalue weighted by Crippen LogP contribution is 2.48. The minimum atomic E-state index is -5.25. The van der Waals surface area contributed by atoms with Gasteiger partial charge in [0.2, 0.25) is 12.0 Å². The van der Waals surface area contributed by atoms with Crippen molar-refractivity contribution in [3.05, 3.63) is 28.8 Å². The summed E-state index contributed by atoms with van der Waals surface area (Å²) >= 11 is 0. The van der Waals surface area contributed by atoms with E-state index in [9.17, 15) is 35.1 Å². The number of nitrogens with two attached hydrogens (primary N) is 1. The summed E-state index contributed by atoms with van der Waals surface area (Å²) in [6.07, 6.45) is -12.0. The molecule has 0 radical (unpaired) electrons. The molecule has 4 aliphatic heterocycles. The third kappa shape index (κ3) is 5.54. The number of aromatic nitrogens is 3. The molecule has 5 atom stereocenters. The third-order valence-electron chi connectivity index (χ3n) is 10.1. The number of pyridine rings is 1. The Kier molecular flexibility index (Phi) is 8.00. The molecule has 266 valence electrons. The smallest absolute Gasteiger partial charge is 0.427 e. The predicted molar refractivity (Wildman–Crippen MR) is 159 cm³/mol. The number of ether oxygens (including phenoxy) is 2. The van der Waals surface area contributed by atoms with Crippen molar-refractivity contribution < 1.29 is 49.0 Å². The van der Waals surface area contributed by atoms with Crippen molar-refractivity contribution in [3.63, 3.8) is 0 Å². The molecule has 6 heterocycles. The zero-order valence-electron chi connectivity index (χ0n) is 26.3. The van der Waals surface area contributed by atoms with E-state index in [1.807, 2.05) is 11.8 Å². The number of piperazine rings is 1. The van der Waals surface area contributed by atoms with Gasteiger partial charge >= 0.3 is 18.4 Å². The maximum atomic E-state index is 16.7. The van der Waals surface area contributed by atoms with Gasteiger partial charge in [-0.2, -0.15) is 36.3 Å². The summed E-state index contributed by atoms with van der Waals surface area (Å²) in [5.74, 6) is -3.96. The molecule has 9 nitrogen and oxygen atoms in total. The fourth-order valence-electron chi connectivity index (χ4n) is 7.76. The molecule has 3 aromatic rings. The first-order chi connectivity index (χ1) is 23.0. The lowest BCUT2D eigenvalue weighted by Crippen LogP contribution is -2.64. The molecule has 7 rings (SSSR count). The maximum absolute atomic E-state index is 16.7. The van der Waals surface area contributed by atoms with Gasteiger partial charge in [-0.3, -0.25) is 4.90 Å². The van der Waals surface area contributed by atoms with E-state index in [0.717, 1.165) is 13.3 Å². The molecule has 0 amide bonds. The number of nitrogen functional groups attached to an aromatic ring is 1. The highest BCUT2D eigenvalue weighted by Gasteiger charge is 2.54. The molecule has 49 heavy (non-hydrogen) atoms. The molecule has 0 aliphatic carbocycles. The Morgan fingerprint density at radius 3 is 2.55 bits per heavy atom. The van der Waals surface area contributed by atoms with Crippen molar-refractivity contribution in [1.29, 1.82) is 0 Å². The number of hydrogen-bond donors (Lipinski definition) is 2. The fourth-order valence-corrected chi connectivity index (χ4v) is 7.76. The zero-order valence-corrected chi connectivity index (χ0v) is 26.3. The van der Waals surface area contributed by atoms with E-state index in [1.165, 1.54) is 4.90 Å².